The van der Waals surface area contributed by atoms with E-state index < -0.39 is 0 Å². The molecule has 1 aliphatic rings. The molecule has 5 nitrogen and oxygen atoms in total. The van der Waals surface area contributed by atoms with Gasteiger partial charge in [0, 0.05) is 12.2 Å². The van der Waals surface area contributed by atoms with Gasteiger partial charge in [-0.1, -0.05) is 0 Å². The van der Waals surface area contributed by atoms with Crippen LogP contribution >= 0.6 is 0 Å². The van der Waals surface area contributed by atoms with Crippen molar-refractivity contribution in [2.75, 3.05) is 25.2 Å². The number of carbonyl (C=O) groups excluding carboxylic acids is 2. The van der Waals surface area contributed by atoms with E-state index in [0.29, 0.717) is 13.2 Å². The summed E-state index contributed by atoms with van der Waals surface area (Å²) in [6.45, 7) is 2.66. The number of benzene rings is 1. The summed E-state index contributed by atoms with van der Waals surface area (Å²) in [6, 6.07) is 7.28. The van der Waals surface area contributed by atoms with Gasteiger partial charge in [-0.25, -0.2) is 0 Å². The minimum Gasteiger partial charge on any atom is -0.497 e. The number of methoxy groups -OCH3 is 1. The topological polar surface area (TPSA) is 55.8 Å². The lowest BCUT2D eigenvalue weighted by Crippen LogP contribution is -2.53. The summed E-state index contributed by atoms with van der Waals surface area (Å²) in [6.07, 6.45) is 0.166. The summed E-state index contributed by atoms with van der Waals surface area (Å²) in [5.74, 6) is 0.161. The van der Waals surface area contributed by atoms with E-state index in [0.717, 1.165) is 11.4 Å². The van der Waals surface area contributed by atoms with Gasteiger partial charge in [-0.3, -0.25) is 9.59 Å². The largest absolute Gasteiger partial charge is 0.497 e. The van der Waals surface area contributed by atoms with Gasteiger partial charge in [-0.15, -0.1) is 0 Å². The van der Waals surface area contributed by atoms with Crippen LogP contribution in [0.4, 0.5) is 5.69 Å². The van der Waals surface area contributed by atoms with E-state index >= 15 is 0 Å². The lowest BCUT2D eigenvalue weighted by molar-refractivity contribution is -0.147. The predicted molar refractivity (Wildman–Crippen MR) is 70.1 cm³/mol. The maximum absolute atomic E-state index is 11.9. The van der Waals surface area contributed by atoms with E-state index in [4.69, 9.17) is 9.47 Å². The van der Waals surface area contributed by atoms with E-state index in [-0.39, 0.29) is 24.2 Å². The Labute approximate surface area is 112 Å². The van der Waals surface area contributed by atoms with Gasteiger partial charge in [0.05, 0.1) is 26.1 Å². The highest BCUT2D eigenvalue weighted by Crippen LogP contribution is 2.29. The second-order valence-corrected chi connectivity index (χ2v) is 4.35. The smallest absolute Gasteiger partial charge is 0.306 e. The first-order chi connectivity index (χ1) is 9.15. The van der Waals surface area contributed by atoms with Crippen LogP contribution in [0.5, 0.6) is 5.75 Å². The summed E-state index contributed by atoms with van der Waals surface area (Å²) in [7, 11) is 1.60. The zero-order chi connectivity index (χ0) is 13.8. The van der Waals surface area contributed by atoms with E-state index in [9.17, 15) is 9.59 Å². The van der Waals surface area contributed by atoms with Gasteiger partial charge in [0.15, 0.2) is 0 Å². The molecular formula is C14H17NO4. The summed E-state index contributed by atoms with van der Waals surface area (Å²) < 4.78 is 9.91. The maximum atomic E-state index is 11.9. The van der Waals surface area contributed by atoms with Crippen LogP contribution in [0.1, 0.15) is 13.3 Å². The molecule has 5 heteroatoms. The van der Waals surface area contributed by atoms with Crippen molar-refractivity contribution in [3.8, 4) is 5.75 Å². The normalized spacial score (nSPS) is 17.9. The summed E-state index contributed by atoms with van der Waals surface area (Å²) in [5, 5.41) is 0. The molecule has 1 aliphatic heterocycles. The quantitative estimate of drug-likeness (QED) is 0.598. The summed E-state index contributed by atoms with van der Waals surface area (Å²) >= 11 is 0. The van der Waals surface area contributed by atoms with Crippen molar-refractivity contribution < 1.29 is 19.1 Å². The number of rotatable bonds is 5. The average molecular weight is 263 g/mol. The number of β-lactam (4-membered cyclic amide) rings is 1. The van der Waals surface area contributed by atoms with Gasteiger partial charge in [0.25, 0.3) is 0 Å². The Kier molecular flexibility index (Phi) is 4.04. The van der Waals surface area contributed by atoms with Crippen molar-refractivity contribution in [2.45, 2.75) is 13.3 Å². The minimum absolute atomic E-state index is 0.0294. The second kappa shape index (κ2) is 5.73. The molecule has 1 unspecified atom stereocenters. The van der Waals surface area contributed by atoms with Gasteiger partial charge in [0.1, 0.15) is 5.75 Å². The molecule has 0 spiro atoms. The second-order valence-electron chi connectivity index (χ2n) is 4.35. The van der Waals surface area contributed by atoms with E-state index in [1.54, 1.807) is 31.1 Å². The molecule has 0 bridgehead atoms. The number of hydrogen-bond donors (Lipinski definition) is 0. The lowest BCUT2D eigenvalue weighted by atomic mass is 9.94. The maximum Gasteiger partial charge on any atom is 0.306 e. The third kappa shape index (κ3) is 2.86. The zero-order valence-corrected chi connectivity index (χ0v) is 11.1. The monoisotopic (exact) mass is 263 g/mol. The summed E-state index contributed by atoms with van der Waals surface area (Å²) in [5.41, 5.74) is 0.825. The highest BCUT2D eigenvalue weighted by Gasteiger charge is 2.39. The Morgan fingerprint density at radius 2 is 2.05 bits per heavy atom. The molecule has 1 aromatic rings. The van der Waals surface area contributed by atoms with Crippen molar-refractivity contribution >= 4 is 17.6 Å². The SMILES string of the molecule is CCOC(=O)CC1CN(c2ccc(OC)cc2)C1=O. The third-order valence-electron chi connectivity index (χ3n) is 3.12. The fourth-order valence-corrected chi connectivity index (χ4v) is 2.06. The molecule has 2 rings (SSSR count). The van der Waals surface area contributed by atoms with Crippen LogP contribution in [0, 0.1) is 5.92 Å². The molecule has 0 N–H and O–H groups in total. The van der Waals surface area contributed by atoms with Crippen LogP contribution in [0.25, 0.3) is 0 Å². The van der Waals surface area contributed by atoms with Crippen molar-refractivity contribution in [2.24, 2.45) is 5.92 Å². The number of ether oxygens (including phenoxy) is 2. The van der Waals surface area contributed by atoms with E-state index in [2.05, 4.69) is 0 Å². The van der Waals surface area contributed by atoms with Gasteiger partial charge < -0.3 is 14.4 Å². The average Bonchev–Trinajstić information content (AvgIpc) is 2.43. The Hall–Kier alpha value is -2.04. The molecule has 0 radical (unpaired) electrons. The Bertz CT molecular complexity index is 469. The van der Waals surface area contributed by atoms with Crippen molar-refractivity contribution in [3.05, 3.63) is 24.3 Å². The van der Waals surface area contributed by atoms with Crippen molar-refractivity contribution in [1.82, 2.24) is 0 Å². The molecule has 1 saturated heterocycles. The molecule has 0 aliphatic carbocycles. The Morgan fingerprint density at radius 3 is 2.58 bits per heavy atom. The van der Waals surface area contributed by atoms with E-state index in [1.165, 1.54) is 0 Å². The Balaban J connectivity index is 1.91. The van der Waals surface area contributed by atoms with Crippen LogP contribution in [-0.2, 0) is 14.3 Å². The molecule has 0 aromatic heterocycles. The number of amides is 1. The lowest BCUT2D eigenvalue weighted by Gasteiger charge is -2.38. The highest BCUT2D eigenvalue weighted by molar-refractivity contribution is 6.03. The van der Waals surface area contributed by atoms with E-state index in [1.807, 2.05) is 12.1 Å². The number of hydrogen-bond acceptors (Lipinski definition) is 4. The number of carbonyl (C=O) groups is 2. The first-order valence-corrected chi connectivity index (χ1v) is 6.26. The number of esters is 1. The van der Waals surface area contributed by atoms with Gasteiger partial charge in [0.2, 0.25) is 5.91 Å². The molecule has 19 heavy (non-hydrogen) atoms. The standard InChI is InChI=1S/C14H17NO4/c1-3-19-13(16)8-10-9-15(14(10)17)11-4-6-12(18-2)7-5-11/h4-7,10H,3,8-9H2,1-2H3. The van der Waals surface area contributed by atoms with Gasteiger partial charge in [-0.2, -0.15) is 0 Å². The fourth-order valence-electron chi connectivity index (χ4n) is 2.06. The summed E-state index contributed by atoms with van der Waals surface area (Å²) in [4.78, 5) is 24.9. The molecule has 1 aromatic carbocycles. The van der Waals surface area contributed by atoms with Crippen LogP contribution in [0.15, 0.2) is 24.3 Å². The third-order valence-corrected chi connectivity index (χ3v) is 3.12. The van der Waals surface area contributed by atoms with Gasteiger partial charge >= 0.3 is 5.97 Å². The molecular weight excluding hydrogens is 246 g/mol. The van der Waals surface area contributed by atoms with Crippen molar-refractivity contribution in [3.63, 3.8) is 0 Å². The molecule has 1 amide bonds. The fraction of sp³-hybridized carbons (Fsp3) is 0.429. The first kappa shape index (κ1) is 13.4. The first-order valence-electron chi connectivity index (χ1n) is 6.26. The Morgan fingerprint density at radius 1 is 1.37 bits per heavy atom. The number of nitrogens with zero attached hydrogens (tertiary/aromatic N) is 1. The minimum atomic E-state index is -0.310. The number of anilines is 1. The van der Waals surface area contributed by atoms with Crippen LogP contribution in [-0.4, -0.2) is 32.1 Å². The van der Waals surface area contributed by atoms with Crippen LogP contribution < -0.4 is 9.64 Å². The molecule has 0 saturated carbocycles. The van der Waals surface area contributed by atoms with Crippen LogP contribution in [0.3, 0.4) is 0 Å². The van der Waals surface area contributed by atoms with Crippen molar-refractivity contribution in [1.29, 1.82) is 0 Å². The predicted octanol–water partition coefficient (Wildman–Crippen LogP) is 1.61. The molecule has 1 atom stereocenters. The highest BCUT2D eigenvalue weighted by atomic mass is 16.5. The molecule has 1 heterocycles. The van der Waals surface area contributed by atoms with Gasteiger partial charge in [-0.05, 0) is 31.2 Å². The molecule has 102 valence electrons. The zero-order valence-electron chi connectivity index (χ0n) is 11.1. The molecule has 1 fully saturated rings. The van der Waals surface area contributed by atoms with Crippen LogP contribution in [0.2, 0.25) is 0 Å².